The summed E-state index contributed by atoms with van der Waals surface area (Å²) in [6, 6.07) is 6.13. The van der Waals surface area contributed by atoms with Crippen LogP contribution in [0.5, 0.6) is 11.5 Å². The molecule has 0 fully saturated rings. The van der Waals surface area contributed by atoms with Crippen LogP contribution in [0.2, 0.25) is 0 Å². The van der Waals surface area contributed by atoms with Crippen molar-refractivity contribution in [1.29, 1.82) is 0 Å². The number of hydrogen-bond donors (Lipinski definition) is 2. The van der Waals surface area contributed by atoms with Gasteiger partial charge in [-0.05, 0) is 31.0 Å². The van der Waals surface area contributed by atoms with Crippen LogP contribution >= 0.6 is 0 Å². The van der Waals surface area contributed by atoms with E-state index in [-0.39, 0.29) is 0 Å². The largest absolute Gasteiger partial charge is 0.490 e. The molecule has 0 aliphatic rings. The van der Waals surface area contributed by atoms with Crippen molar-refractivity contribution in [1.82, 2.24) is 5.32 Å². The monoisotopic (exact) mass is 294 g/mol. The van der Waals surface area contributed by atoms with Gasteiger partial charge in [0.1, 0.15) is 0 Å². The van der Waals surface area contributed by atoms with Gasteiger partial charge in [0, 0.05) is 12.6 Å². The SMILES string of the molecule is CCOc1cc(CNC(C)C)ccc1OC(CC)C(N)=O. The predicted molar refractivity (Wildman–Crippen MR) is 83.5 cm³/mol. The summed E-state index contributed by atoms with van der Waals surface area (Å²) >= 11 is 0. The molecule has 0 saturated heterocycles. The highest BCUT2D eigenvalue weighted by atomic mass is 16.5. The van der Waals surface area contributed by atoms with Crippen molar-refractivity contribution in [3.05, 3.63) is 23.8 Å². The molecule has 21 heavy (non-hydrogen) atoms. The van der Waals surface area contributed by atoms with Crippen LogP contribution in [0.25, 0.3) is 0 Å². The molecule has 0 aliphatic carbocycles. The maximum Gasteiger partial charge on any atom is 0.258 e. The van der Waals surface area contributed by atoms with E-state index in [1.807, 2.05) is 32.0 Å². The summed E-state index contributed by atoms with van der Waals surface area (Å²) in [5.41, 5.74) is 6.42. The lowest BCUT2D eigenvalue weighted by molar-refractivity contribution is -0.124. The summed E-state index contributed by atoms with van der Waals surface area (Å²) < 4.78 is 11.3. The standard InChI is InChI=1S/C16H26N2O3/c1-5-13(16(17)19)21-14-8-7-12(10-18-11(3)4)9-15(14)20-6-2/h7-9,11,13,18H,5-6,10H2,1-4H3,(H2,17,19). The molecule has 5 heteroatoms. The third-order valence-corrected chi connectivity index (χ3v) is 2.98. The van der Waals surface area contributed by atoms with E-state index in [4.69, 9.17) is 15.2 Å². The zero-order valence-electron chi connectivity index (χ0n) is 13.3. The highest BCUT2D eigenvalue weighted by Gasteiger charge is 2.17. The lowest BCUT2D eigenvalue weighted by Gasteiger charge is -2.18. The van der Waals surface area contributed by atoms with Crippen LogP contribution in [0.3, 0.4) is 0 Å². The molecule has 1 unspecified atom stereocenters. The maximum atomic E-state index is 11.3. The van der Waals surface area contributed by atoms with E-state index in [9.17, 15) is 4.79 Å². The molecule has 1 amide bonds. The number of carbonyl (C=O) groups excluding carboxylic acids is 1. The first kappa shape index (κ1) is 17.3. The molecule has 0 aliphatic heterocycles. The highest BCUT2D eigenvalue weighted by Crippen LogP contribution is 2.29. The minimum Gasteiger partial charge on any atom is -0.490 e. The van der Waals surface area contributed by atoms with E-state index in [2.05, 4.69) is 19.2 Å². The van der Waals surface area contributed by atoms with Gasteiger partial charge in [0.15, 0.2) is 17.6 Å². The van der Waals surface area contributed by atoms with Crippen molar-refractivity contribution >= 4 is 5.91 Å². The van der Waals surface area contributed by atoms with Crippen LogP contribution in [0.1, 0.15) is 39.7 Å². The summed E-state index contributed by atoms with van der Waals surface area (Å²) in [5.74, 6) is 0.724. The second-order valence-corrected chi connectivity index (χ2v) is 5.17. The molecule has 0 aromatic heterocycles. The van der Waals surface area contributed by atoms with Gasteiger partial charge in [0.2, 0.25) is 0 Å². The molecule has 5 nitrogen and oxygen atoms in total. The normalized spacial score (nSPS) is 12.2. The van der Waals surface area contributed by atoms with Crippen LogP contribution < -0.4 is 20.5 Å². The Morgan fingerprint density at radius 3 is 2.52 bits per heavy atom. The summed E-state index contributed by atoms with van der Waals surface area (Å²) in [7, 11) is 0. The molecule has 1 aromatic rings. The lowest BCUT2D eigenvalue weighted by atomic mass is 10.2. The number of primary amides is 1. The Kier molecular flexibility index (Phi) is 7.02. The number of nitrogens with two attached hydrogens (primary N) is 1. The maximum absolute atomic E-state index is 11.3. The second-order valence-electron chi connectivity index (χ2n) is 5.17. The molecule has 1 aromatic carbocycles. The smallest absolute Gasteiger partial charge is 0.258 e. The fourth-order valence-corrected chi connectivity index (χ4v) is 1.85. The van der Waals surface area contributed by atoms with Crippen molar-refractivity contribution in [3.8, 4) is 11.5 Å². The van der Waals surface area contributed by atoms with Gasteiger partial charge in [-0.2, -0.15) is 0 Å². The molecular formula is C16H26N2O3. The van der Waals surface area contributed by atoms with Gasteiger partial charge in [-0.3, -0.25) is 4.79 Å². The molecule has 3 N–H and O–H groups in total. The quantitative estimate of drug-likeness (QED) is 0.732. The molecule has 118 valence electrons. The summed E-state index contributed by atoms with van der Waals surface area (Å²) in [5, 5.41) is 3.35. The van der Waals surface area contributed by atoms with Gasteiger partial charge in [-0.15, -0.1) is 0 Å². The average Bonchev–Trinajstić information content (AvgIpc) is 2.44. The fraction of sp³-hybridized carbons (Fsp3) is 0.562. The Hall–Kier alpha value is -1.75. The molecule has 0 bridgehead atoms. The number of carbonyl (C=O) groups is 1. The van der Waals surface area contributed by atoms with Gasteiger partial charge in [-0.25, -0.2) is 0 Å². The topological polar surface area (TPSA) is 73.6 Å². The Balaban J connectivity index is 2.90. The fourth-order valence-electron chi connectivity index (χ4n) is 1.85. The van der Waals surface area contributed by atoms with E-state index in [1.165, 1.54) is 0 Å². The van der Waals surface area contributed by atoms with Crippen LogP contribution in [0.15, 0.2) is 18.2 Å². The van der Waals surface area contributed by atoms with E-state index in [0.717, 1.165) is 12.1 Å². The molecule has 1 rings (SSSR count). The van der Waals surface area contributed by atoms with E-state index < -0.39 is 12.0 Å². The van der Waals surface area contributed by atoms with Crippen molar-refractivity contribution in [3.63, 3.8) is 0 Å². The first-order valence-electron chi connectivity index (χ1n) is 7.43. The van der Waals surface area contributed by atoms with E-state index in [1.54, 1.807) is 0 Å². The van der Waals surface area contributed by atoms with Gasteiger partial charge >= 0.3 is 0 Å². The number of ether oxygens (including phenoxy) is 2. The van der Waals surface area contributed by atoms with Gasteiger partial charge in [0.25, 0.3) is 5.91 Å². The van der Waals surface area contributed by atoms with E-state index >= 15 is 0 Å². The molecule has 0 spiro atoms. The Morgan fingerprint density at radius 1 is 1.29 bits per heavy atom. The van der Waals surface area contributed by atoms with Crippen LogP contribution in [0, 0.1) is 0 Å². The second kappa shape index (κ2) is 8.52. The number of rotatable bonds is 9. The van der Waals surface area contributed by atoms with Crippen LogP contribution in [0.4, 0.5) is 0 Å². The zero-order valence-corrected chi connectivity index (χ0v) is 13.3. The minimum absolute atomic E-state index is 0.413. The molecule has 0 saturated carbocycles. The van der Waals surface area contributed by atoms with Gasteiger partial charge < -0.3 is 20.5 Å². The molecule has 0 radical (unpaired) electrons. The van der Waals surface area contributed by atoms with Crippen molar-refractivity contribution in [2.75, 3.05) is 6.61 Å². The van der Waals surface area contributed by atoms with Gasteiger partial charge in [0.05, 0.1) is 6.61 Å². The highest BCUT2D eigenvalue weighted by molar-refractivity contribution is 5.79. The molecule has 1 atom stereocenters. The summed E-state index contributed by atoms with van der Waals surface area (Å²) in [6.45, 7) is 9.25. The number of hydrogen-bond acceptors (Lipinski definition) is 4. The number of nitrogens with one attached hydrogen (secondary N) is 1. The average molecular weight is 294 g/mol. The minimum atomic E-state index is -0.635. The van der Waals surface area contributed by atoms with E-state index in [0.29, 0.717) is 30.6 Å². The summed E-state index contributed by atoms with van der Waals surface area (Å²) in [4.78, 5) is 11.3. The van der Waals surface area contributed by atoms with Crippen molar-refractivity contribution < 1.29 is 14.3 Å². The Morgan fingerprint density at radius 2 is 2.00 bits per heavy atom. The Bertz CT molecular complexity index is 461. The van der Waals surface area contributed by atoms with Gasteiger partial charge in [-0.1, -0.05) is 26.8 Å². The third kappa shape index (κ3) is 5.63. The third-order valence-electron chi connectivity index (χ3n) is 2.98. The lowest BCUT2D eigenvalue weighted by Crippen LogP contribution is -2.33. The molecular weight excluding hydrogens is 268 g/mol. The predicted octanol–water partition coefficient (Wildman–Crippen LogP) is 2.23. The summed E-state index contributed by atoms with van der Waals surface area (Å²) in [6.07, 6.45) is -0.110. The first-order chi connectivity index (χ1) is 9.97. The molecule has 0 heterocycles. The van der Waals surface area contributed by atoms with Crippen LogP contribution in [-0.4, -0.2) is 24.7 Å². The van der Waals surface area contributed by atoms with Crippen molar-refractivity contribution in [2.24, 2.45) is 5.73 Å². The number of benzene rings is 1. The number of amides is 1. The van der Waals surface area contributed by atoms with Crippen molar-refractivity contribution in [2.45, 2.75) is 52.8 Å². The first-order valence-corrected chi connectivity index (χ1v) is 7.43. The zero-order chi connectivity index (χ0) is 15.8. The van der Waals surface area contributed by atoms with Crippen LogP contribution in [-0.2, 0) is 11.3 Å². The Labute approximate surface area is 126 Å².